The van der Waals surface area contributed by atoms with E-state index in [-0.39, 0.29) is 0 Å². The van der Waals surface area contributed by atoms with E-state index in [0.717, 1.165) is 10.8 Å². The van der Waals surface area contributed by atoms with Gasteiger partial charge in [-0.2, -0.15) is 0 Å². The number of benzene rings is 1. The van der Waals surface area contributed by atoms with Crippen molar-refractivity contribution in [1.82, 2.24) is 10.3 Å². The maximum atomic E-state index is 12.8. The minimum atomic E-state index is -2.43. The highest BCUT2D eigenvalue weighted by molar-refractivity contribution is 5.85. The molecule has 0 saturated heterocycles. The van der Waals surface area contributed by atoms with Gasteiger partial charge in [0.05, 0.1) is 6.04 Å². The van der Waals surface area contributed by atoms with Crippen LogP contribution in [-0.4, -0.2) is 18.5 Å². The molecular formula is C12H12F2N2. The fourth-order valence-electron chi connectivity index (χ4n) is 1.84. The van der Waals surface area contributed by atoms with Crippen molar-refractivity contribution in [3.63, 3.8) is 0 Å². The molecule has 4 heteroatoms. The van der Waals surface area contributed by atoms with Crippen LogP contribution in [0.5, 0.6) is 0 Å². The smallest absolute Gasteiger partial charge is 0.257 e. The van der Waals surface area contributed by atoms with Gasteiger partial charge in [-0.25, -0.2) is 8.78 Å². The van der Waals surface area contributed by atoms with Crippen LogP contribution in [0.1, 0.15) is 11.6 Å². The number of aromatic nitrogens is 1. The molecule has 1 atom stereocenters. The molecule has 0 aliphatic carbocycles. The summed E-state index contributed by atoms with van der Waals surface area (Å²) in [4.78, 5) is 3.98. The second kappa shape index (κ2) is 4.53. The van der Waals surface area contributed by atoms with Crippen LogP contribution < -0.4 is 5.32 Å². The van der Waals surface area contributed by atoms with E-state index in [2.05, 4.69) is 10.3 Å². The molecule has 0 fully saturated rings. The van der Waals surface area contributed by atoms with E-state index in [4.69, 9.17) is 0 Å². The standard InChI is InChI=1S/C12H12F2N2/c1-15-11(12(13)14)10-4-2-3-8-7-16-6-5-9(8)10/h2-7,11-12,15H,1H3. The molecule has 1 aromatic heterocycles. The van der Waals surface area contributed by atoms with Crippen LogP contribution in [0.25, 0.3) is 10.8 Å². The van der Waals surface area contributed by atoms with Gasteiger partial charge in [-0.15, -0.1) is 0 Å². The summed E-state index contributed by atoms with van der Waals surface area (Å²) in [5.41, 5.74) is 0.609. The van der Waals surface area contributed by atoms with E-state index in [1.807, 2.05) is 6.07 Å². The number of hydrogen-bond acceptors (Lipinski definition) is 2. The number of nitrogens with one attached hydrogen (secondary N) is 1. The number of pyridine rings is 1. The minimum Gasteiger partial charge on any atom is -0.308 e. The SMILES string of the molecule is CNC(c1cccc2cnccc12)C(F)F. The summed E-state index contributed by atoms with van der Waals surface area (Å²) in [6, 6.07) is 6.18. The number of hydrogen-bond donors (Lipinski definition) is 1. The number of alkyl halides is 2. The molecule has 0 spiro atoms. The molecule has 2 aromatic rings. The van der Waals surface area contributed by atoms with Crippen molar-refractivity contribution in [1.29, 1.82) is 0 Å². The first-order chi connectivity index (χ1) is 7.74. The molecule has 0 aliphatic rings. The van der Waals surface area contributed by atoms with Crippen molar-refractivity contribution in [2.45, 2.75) is 12.5 Å². The molecule has 0 saturated carbocycles. The number of nitrogens with zero attached hydrogens (tertiary/aromatic N) is 1. The van der Waals surface area contributed by atoms with Gasteiger partial charge in [0.25, 0.3) is 6.43 Å². The van der Waals surface area contributed by atoms with Gasteiger partial charge < -0.3 is 5.32 Å². The van der Waals surface area contributed by atoms with Gasteiger partial charge >= 0.3 is 0 Å². The molecule has 84 valence electrons. The monoisotopic (exact) mass is 222 g/mol. The van der Waals surface area contributed by atoms with Crippen LogP contribution >= 0.6 is 0 Å². The summed E-state index contributed by atoms with van der Waals surface area (Å²) in [6.07, 6.45) is 0.866. The Morgan fingerprint density at radius 1 is 1.25 bits per heavy atom. The molecule has 2 nitrogen and oxygen atoms in total. The molecule has 1 aromatic carbocycles. The summed E-state index contributed by atoms with van der Waals surface area (Å²) in [7, 11) is 1.54. The van der Waals surface area contributed by atoms with Crippen LogP contribution in [-0.2, 0) is 0 Å². The molecule has 1 unspecified atom stereocenters. The largest absolute Gasteiger partial charge is 0.308 e. The van der Waals surface area contributed by atoms with Crippen LogP contribution in [0.3, 0.4) is 0 Å². The summed E-state index contributed by atoms with van der Waals surface area (Å²) >= 11 is 0. The van der Waals surface area contributed by atoms with Crippen LogP contribution in [0.15, 0.2) is 36.7 Å². The normalized spacial score (nSPS) is 13.2. The Labute approximate surface area is 92.3 Å². The predicted octanol–water partition coefficient (Wildman–Crippen LogP) is 2.76. The zero-order valence-corrected chi connectivity index (χ0v) is 8.82. The third-order valence-electron chi connectivity index (χ3n) is 2.61. The number of fused-ring (bicyclic) bond motifs is 1. The van der Waals surface area contributed by atoms with Gasteiger partial charge in [-0.3, -0.25) is 4.98 Å². The van der Waals surface area contributed by atoms with Crippen molar-refractivity contribution in [2.24, 2.45) is 0 Å². The Hall–Kier alpha value is -1.55. The van der Waals surface area contributed by atoms with E-state index in [1.165, 1.54) is 7.05 Å². The summed E-state index contributed by atoms with van der Waals surface area (Å²) < 4.78 is 25.7. The fraction of sp³-hybridized carbons (Fsp3) is 0.250. The first-order valence-electron chi connectivity index (χ1n) is 5.02. The van der Waals surface area contributed by atoms with Crippen molar-refractivity contribution in [3.8, 4) is 0 Å². The Balaban J connectivity index is 2.59. The average molecular weight is 222 g/mol. The van der Waals surface area contributed by atoms with Crippen molar-refractivity contribution < 1.29 is 8.78 Å². The lowest BCUT2D eigenvalue weighted by Gasteiger charge is -2.17. The molecule has 2 rings (SSSR count). The van der Waals surface area contributed by atoms with E-state index in [1.54, 1.807) is 30.6 Å². The van der Waals surface area contributed by atoms with Crippen molar-refractivity contribution in [3.05, 3.63) is 42.2 Å². The van der Waals surface area contributed by atoms with Crippen LogP contribution in [0.4, 0.5) is 8.78 Å². The molecule has 0 amide bonds. The van der Waals surface area contributed by atoms with Crippen LogP contribution in [0, 0.1) is 0 Å². The fourth-order valence-corrected chi connectivity index (χ4v) is 1.84. The zero-order valence-electron chi connectivity index (χ0n) is 8.82. The topological polar surface area (TPSA) is 24.9 Å². The predicted molar refractivity (Wildman–Crippen MR) is 59.5 cm³/mol. The second-order valence-corrected chi connectivity index (χ2v) is 3.54. The average Bonchev–Trinajstić information content (AvgIpc) is 2.30. The first kappa shape index (κ1) is 11.0. The van der Waals surface area contributed by atoms with E-state index < -0.39 is 12.5 Å². The quantitative estimate of drug-likeness (QED) is 0.863. The van der Waals surface area contributed by atoms with Crippen LogP contribution in [0.2, 0.25) is 0 Å². The number of rotatable bonds is 3. The highest BCUT2D eigenvalue weighted by atomic mass is 19.3. The lowest BCUT2D eigenvalue weighted by atomic mass is 10.0. The van der Waals surface area contributed by atoms with Gasteiger partial charge in [-0.05, 0) is 24.1 Å². The molecular weight excluding hydrogens is 210 g/mol. The number of halogens is 2. The van der Waals surface area contributed by atoms with Gasteiger partial charge in [0.1, 0.15) is 0 Å². The van der Waals surface area contributed by atoms with Gasteiger partial charge in [-0.1, -0.05) is 18.2 Å². The third-order valence-corrected chi connectivity index (χ3v) is 2.61. The highest BCUT2D eigenvalue weighted by Crippen LogP contribution is 2.27. The molecule has 0 bridgehead atoms. The Kier molecular flexibility index (Phi) is 3.10. The molecule has 0 radical (unpaired) electrons. The lowest BCUT2D eigenvalue weighted by Crippen LogP contribution is -2.23. The second-order valence-electron chi connectivity index (χ2n) is 3.54. The summed E-state index contributed by atoms with van der Waals surface area (Å²) in [6.45, 7) is 0. The summed E-state index contributed by atoms with van der Waals surface area (Å²) in [5, 5.41) is 4.33. The van der Waals surface area contributed by atoms with Gasteiger partial charge in [0.2, 0.25) is 0 Å². The minimum absolute atomic E-state index is 0.609. The molecule has 1 N–H and O–H groups in total. The Bertz CT molecular complexity index is 480. The van der Waals surface area contributed by atoms with E-state index in [0.29, 0.717) is 5.56 Å². The first-order valence-corrected chi connectivity index (χ1v) is 5.02. The molecule has 16 heavy (non-hydrogen) atoms. The Morgan fingerprint density at radius 2 is 2.06 bits per heavy atom. The van der Waals surface area contributed by atoms with Gasteiger partial charge in [0.15, 0.2) is 0 Å². The van der Waals surface area contributed by atoms with Gasteiger partial charge in [0, 0.05) is 17.8 Å². The van der Waals surface area contributed by atoms with E-state index >= 15 is 0 Å². The third kappa shape index (κ3) is 1.88. The highest BCUT2D eigenvalue weighted by Gasteiger charge is 2.21. The maximum Gasteiger partial charge on any atom is 0.257 e. The van der Waals surface area contributed by atoms with Crippen molar-refractivity contribution >= 4 is 10.8 Å². The summed E-state index contributed by atoms with van der Waals surface area (Å²) in [5.74, 6) is 0. The maximum absolute atomic E-state index is 12.8. The zero-order chi connectivity index (χ0) is 11.5. The lowest BCUT2D eigenvalue weighted by molar-refractivity contribution is 0.103. The van der Waals surface area contributed by atoms with E-state index in [9.17, 15) is 8.78 Å². The molecule has 1 heterocycles. The molecule has 0 aliphatic heterocycles. The van der Waals surface area contributed by atoms with Crippen molar-refractivity contribution in [2.75, 3.05) is 7.05 Å². The Morgan fingerprint density at radius 3 is 2.75 bits per heavy atom.